The van der Waals surface area contributed by atoms with Crippen LogP contribution in [0.2, 0.25) is 0 Å². The van der Waals surface area contributed by atoms with Gasteiger partial charge >= 0.3 is 6.18 Å². The molecule has 108 valence electrons. The number of hydrogen-bond acceptors (Lipinski definition) is 4. The molecule has 5 nitrogen and oxygen atoms in total. The van der Waals surface area contributed by atoms with Crippen molar-refractivity contribution in [2.24, 2.45) is 5.84 Å². The van der Waals surface area contributed by atoms with Crippen LogP contribution in [0.4, 0.5) is 18.9 Å². The Balaban J connectivity index is 2.42. The lowest BCUT2D eigenvalue weighted by Gasteiger charge is -2.28. The van der Waals surface area contributed by atoms with Crippen molar-refractivity contribution in [3.8, 4) is 0 Å². The summed E-state index contributed by atoms with van der Waals surface area (Å²) < 4.78 is 38.1. The average molecular weight is 305 g/mol. The van der Waals surface area contributed by atoms with E-state index < -0.39 is 30.1 Å². The quantitative estimate of drug-likeness (QED) is 0.488. The number of nitrogens with two attached hydrogens (primary N) is 1. The van der Waals surface area contributed by atoms with E-state index in [1.54, 1.807) is 0 Å². The van der Waals surface area contributed by atoms with Gasteiger partial charge in [-0.3, -0.25) is 15.0 Å². The second kappa shape index (κ2) is 5.33. The summed E-state index contributed by atoms with van der Waals surface area (Å²) in [7, 11) is 0. The summed E-state index contributed by atoms with van der Waals surface area (Å²) in [5.74, 6) is 3.90. The van der Waals surface area contributed by atoms with Gasteiger partial charge in [0, 0.05) is 4.90 Å². The molecule has 0 unspecified atom stereocenters. The zero-order valence-corrected chi connectivity index (χ0v) is 10.8. The van der Waals surface area contributed by atoms with Crippen molar-refractivity contribution >= 4 is 29.3 Å². The van der Waals surface area contributed by atoms with E-state index in [2.05, 4.69) is 0 Å². The Morgan fingerprint density at radius 1 is 1.45 bits per heavy atom. The van der Waals surface area contributed by atoms with Gasteiger partial charge in [-0.1, -0.05) is 0 Å². The average Bonchev–Trinajstić information content (AvgIpc) is 2.40. The third-order valence-electron chi connectivity index (χ3n) is 2.69. The lowest BCUT2D eigenvalue weighted by atomic mass is 10.1. The van der Waals surface area contributed by atoms with Gasteiger partial charge in [-0.15, -0.1) is 11.8 Å². The van der Waals surface area contributed by atoms with E-state index in [0.717, 1.165) is 28.8 Å². The number of nitrogens with zero attached hydrogens (tertiary/aromatic N) is 1. The molecule has 2 amide bonds. The number of halogens is 3. The van der Waals surface area contributed by atoms with E-state index in [4.69, 9.17) is 5.84 Å². The van der Waals surface area contributed by atoms with Gasteiger partial charge in [-0.05, 0) is 18.2 Å². The SMILES string of the molecule is NNC(=O)CN1C(=O)CSc2ccc(C(F)(F)F)cc21. The van der Waals surface area contributed by atoms with Crippen LogP contribution < -0.4 is 16.2 Å². The topological polar surface area (TPSA) is 75.4 Å². The van der Waals surface area contributed by atoms with Crippen molar-refractivity contribution in [3.05, 3.63) is 23.8 Å². The molecule has 0 saturated carbocycles. The number of carbonyl (C=O) groups is 2. The first-order chi connectivity index (χ1) is 9.32. The van der Waals surface area contributed by atoms with Crippen molar-refractivity contribution in [1.82, 2.24) is 5.43 Å². The Kier molecular flexibility index (Phi) is 3.91. The molecule has 0 spiro atoms. The first-order valence-electron chi connectivity index (χ1n) is 5.47. The Hall–Kier alpha value is -1.74. The molecular formula is C11H10F3N3O2S. The molecule has 0 radical (unpaired) electrons. The number of hydrazine groups is 1. The van der Waals surface area contributed by atoms with Gasteiger partial charge in [0.05, 0.1) is 17.0 Å². The van der Waals surface area contributed by atoms with Crippen LogP contribution >= 0.6 is 11.8 Å². The van der Waals surface area contributed by atoms with Crippen LogP contribution in [0.15, 0.2) is 23.1 Å². The Bertz CT molecular complexity index is 562. The summed E-state index contributed by atoms with van der Waals surface area (Å²) in [6, 6.07) is 3.11. The monoisotopic (exact) mass is 305 g/mol. The largest absolute Gasteiger partial charge is 0.416 e. The summed E-state index contributed by atoms with van der Waals surface area (Å²) in [6.07, 6.45) is -4.51. The molecule has 3 N–H and O–H groups in total. The Morgan fingerprint density at radius 2 is 2.15 bits per heavy atom. The molecular weight excluding hydrogens is 295 g/mol. The molecule has 20 heavy (non-hydrogen) atoms. The third-order valence-corrected chi connectivity index (χ3v) is 3.74. The van der Waals surface area contributed by atoms with Crippen molar-refractivity contribution in [2.75, 3.05) is 17.2 Å². The van der Waals surface area contributed by atoms with E-state index in [1.807, 2.05) is 5.43 Å². The Morgan fingerprint density at radius 3 is 2.75 bits per heavy atom. The first-order valence-corrected chi connectivity index (χ1v) is 6.45. The van der Waals surface area contributed by atoms with Crippen molar-refractivity contribution < 1.29 is 22.8 Å². The molecule has 1 aromatic rings. The van der Waals surface area contributed by atoms with E-state index in [9.17, 15) is 22.8 Å². The lowest BCUT2D eigenvalue weighted by Crippen LogP contribution is -2.45. The molecule has 9 heteroatoms. The normalized spacial score (nSPS) is 15.0. The van der Waals surface area contributed by atoms with Crippen LogP contribution in [0.3, 0.4) is 0 Å². The second-order valence-corrected chi connectivity index (χ2v) is 5.03. The van der Waals surface area contributed by atoms with Gasteiger partial charge in [0.2, 0.25) is 5.91 Å². The van der Waals surface area contributed by atoms with Gasteiger partial charge in [0.1, 0.15) is 6.54 Å². The summed E-state index contributed by atoms with van der Waals surface area (Å²) >= 11 is 1.13. The summed E-state index contributed by atoms with van der Waals surface area (Å²) in [4.78, 5) is 24.5. The summed E-state index contributed by atoms with van der Waals surface area (Å²) in [5, 5.41) is 0. The number of rotatable bonds is 2. The fourth-order valence-corrected chi connectivity index (χ4v) is 2.66. The highest BCUT2D eigenvalue weighted by Crippen LogP contribution is 2.39. The smallest absolute Gasteiger partial charge is 0.301 e. The van der Waals surface area contributed by atoms with Crippen LogP contribution in [-0.4, -0.2) is 24.1 Å². The highest BCUT2D eigenvalue weighted by molar-refractivity contribution is 8.00. The fourth-order valence-electron chi connectivity index (χ4n) is 1.74. The minimum Gasteiger partial charge on any atom is -0.301 e. The maximum atomic E-state index is 12.7. The van der Waals surface area contributed by atoms with Crippen LogP contribution in [0.5, 0.6) is 0 Å². The zero-order chi connectivity index (χ0) is 14.9. The maximum Gasteiger partial charge on any atom is 0.416 e. The van der Waals surface area contributed by atoms with E-state index in [-0.39, 0.29) is 11.4 Å². The number of thioether (sulfide) groups is 1. The van der Waals surface area contributed by atoms with Gasteiger partial charge < -0.3 is 4.90 Å². The van der Waals surface area contributed by atoms with Gasteiger partial charge in [-0.25, -0.2) is 5.84 Å². The fraction of sp³-hybridized carbons (Fsp3) is 0.273. The molecule has 0 atom stereocenters. The molecule has 0 aromatic heterocycles. The number of alkyl halides is 3. The van der Waals surface area contributed by atoms with Gasteiger partial charge in [-0.2, -0.15) is 13.2 Å². The number of fused-ring (bicyclic) bond motifs is 1. The first kappa shape index (κ1) is 14.7. The maximum absolute atomic E-state index is 12.7. The number of nitrogens with one attached hydrogen (secondary N) is 1. The van der Waals surface area contributed by atoms with Crippen LogP contribution in [-0.2, 0) is 15.8 Å². The summed E-state index contributed by atoms with van der Waals surface area (Å²) in [5.41, 5.74) is 1.05. The zero-order valence-electron chi connectivity index (χ0n) is 10.0. The highest BCUT2D eigenvalue weighted by atomic mass is 32.2. The molecule has 0 fully saturated rings. The van der Waals surface area contributed by atoms with Crippen LogP contribution in [0, 0.1) is 0 Å². The second-order valence-electron chi connectivity index (χ2n) is 4.02. The summed E-state index contributed by atoms with van der Waals surface area (Å²) in [6.45, 7) is -0.412. The van der Waals surface area contributed by atoms with Crippen LogP contribution in [0.25, 0.3) is 0 Å². The number of anilines is 1. The van der Waals surface area contributed by atoms with Crippen molar-refractivity contribution in [2.45, 2.75) is 11.1 Å². The van der Waals surface area contributed by atoms with E-state index in [1.165, 1.54) is 6.07 Å². The van der Waals surface area contributed by atoms with E-state index in [0.29, 0.717) is 4.90 Å². The highest BCUT2D eigenvalue weighted by Gasteiger charge is 2.34. The van der Waals surface area contributed by atoms with Crippen molar-refractivity contribution in [3.63, 3.8) is 0 Å². The molecule has 1 aliphatic rings. The predicted molar refractivity (Wildman–Crippen MR) is 66.9 cm³/mol. The van der Waals surface area contributed by atoms with Crippen LogP contribution in [0.1, 0.15) is 5.56 Å². The number of benzene rings is 1. The van der Waals surface area contributed by atoms with Gasteiger partial charge in [0.15, 0.2) is 0 Å². The molecule has 0 aliphatic carbocycles. The predicted octanol–water partition coefficient (Wildman–Crippen LogP) is 1.13. The number of amides is 2. The van der Waals surface area contributed by atoms with E-state index >= 15 is 0 Å². The minimum atomic E-state index is -4.51. The lowest BCUT2D eigenvalue weighted by molar-refractivity contribution is -0.137. The standard InChI is InChI=1S/C11H10F3N3O2S/c12-11(13,14)6-1-2-8-7(3-6)17(4-9(18)16-15)10(19)5-20-8/h1-3H,4-5,15H2,(H,16,18). The minimum absolute atomic E-state index is 0.0657. The number of carbonyl (C=O) groups excluding carboxylic acids is 2. The number of hydrogen-bond donors (Lipinski definition) is 2. The molecule has 0 bridgehead atoms. The molecule has 0 saturated heterocycles. The molecule has 1 aromatic carbocycles. The Labute approximate surface area is 116 Å². The van der Waals surface area contributed by atoms with Gasteiger partial charge in [0.25, 0.3) is 5.91 Å². The molecule has 1 aliphatic heterocycles. The molecule has 2 rings (SSSR count). The van der Waals surface area contributed by atoms with Crippen molar-refractivity contribution in [1.29, 1.82) is 0 Å². The molecule has 1 heterocycles. The third kappa shape index (κ3) is 2.88.